The molecule has 2 heterocycles. The molecule has 2 aliphatic heterocycles. The number of piperidine rings is 2. The molecule has 0 aliphatic carbocycles. The predicted octanol–water partition coefficient (Wildman–Crippen LogP) is -1.36. The van der Waals surface area contributed by atoms with Gasteiger partial charge in [-0.3, -0.25) is 24.2 Å². The summed E-state index contributed by atoms with van der Waals surface area (Å²) in [5.41, 5.74) is 2.41. The number of esters is 2. The minimum absolute atomic E-state index is 0. The number of carbonyl (C=O) groups excluding carboxylic acids is 3. The van der Waals surface area contributed by atoms with Gasteiger partial charge in [0.15, 0.2) is 0 Å². The van der Waals surface area contributed by atoms with Gasteiger partial charge in [-0.05, 0) is 17.5 Å². The molecular weight excluding hydrogens is 522 g/mol. The van der Waals surface area contributed by atoms with E-state index in [1.165, 1.54) is 25.3 Å². The number of benzene rings is 2. The van der Waals surface area contributed by atoms with Crippen molar-refractivity contribution < 1.29 is 65.1 Å². The van der Waals surface area contributed by atoms with Gasteiger partial charge in [0.25, 0.3) is 0 Å². The second-order valence-electron chi connectivity index (χ2n) is 9.22. The molecular formula is C29H41BN2NaO7. The van der Waals surface area contributed by atoms with Crippen LogP contribution >= 0.6 is 0 Å². The molecule has 0 amide bonds. The molecule has 4 rings (SSSR count). The summed E-state index contributed by atoms with van der Waals surface area (Å²) in [5.74, 6) is -1.79. The van der Waals surface area contributed by atoms with Crippen molar-refractivity contribution in [1.82, 2.24) is 9.80 Å². The van der Waals surface area contributed by atoms with Crippen molar-refractivity contribution >= 4 is 26.1 Å². The number of ether oxygens (including phenoxy) is 2. The van der Waals surface area contributed by atoms with Gasteiger partial charge in [0.1, 0.15) is 11.7 Å². The number of methoxy groups -OCH3 is 2. The molecule has 3 unspecified atom stereocenters. The van der Waals surface area contributed by atoms with E-state index in [1.807, 2.05) is 48.5 Å². The van der Waals surface area contributed by atoms with E-state index in [4.69, 9.17) is 9.84 Å². The van der Waals surface area contributed by atoms with Gasteiger partial charge in [-0.2, -0.15) is 0 Å². The van der Waals surface area contributed by atoms with Gasteiger partial charge in [0.2, 0.25) is 0 Å². The Morgan fingerprint density at radius 3 is 1.80 bits per heavy atom. The van der Waals surface area contributed by atoms with Crippen LogP contribution < -0.4 is 29.6 Å². The first kappa shape index (κ1) is 38.0. The van der Waals surface area contributed by atoms with Crippen LogP contribution in [0.2, 0.25) is 0 Å². The van der Waals surface area contributed by atoms with E-state index in [0.29, 0.717) is 32.5 Å². The molecule has 2 saturated heterocycles. The van der Waals surface area contributed by atoms with Crippen LogP contribution in [0, 0.1) is 11.8 Å². The van der Waals surface area contributed by atoms with Crippen LogP contribution in [0.3, 0.4) is 0 Å². The van der Waals surface area contributed by atoms with Crippen molar-refractivity contribution in [1.29, 1.82) is 0 Å². The molecule has 0 bridgehead atoms. The van der Waals surface area contributed by atoms with Gasteiger partial charge in [0.05, 0.1) is 26.2 Å². The van der Waals surface area contributed by atoms with E-state index in [1.54, 1.807) is 0 Å². The number of carbonyl (C=O) groups is 3. The van der Waals surface area contributed by atoms with Crippen LogP contribution in [0.1, 0.15) is 25.4 Å². The Kier molecular flexibility index (Phi) is 19.7. The Hall–Kier alpha value is -2.05. The van der Waals surface area contributed by atoms with Crippen molar-refractivity contribution in [2.45, 2.75) is 32.0 Å². The summed E-state index contributed by atoms with van der Waals surface area (Å²) in [5, 5.41) is 16.8. The van der Waals surface area contributed by atoms with Gasteiger partial charge in [-0.25, -0.2) is 0 Å². The number of ketones is 1. The monoisotopic (exact) mass is 563 g/mol. The summed E-state index contributed by atoms with van der Waals surface area (Å²) in [7, 11) is 3.69. The third-order valence-corrected chi connectivity index (χ3v) is 6.65. The first-order valence-electron chi connectivity index (χ1n) is 12.7. The zero-order chi connectivity index (χ0) is 27.9. The molecule has 213 valence electrons. The van der Waals surface area contributed by atoms with Crippen LogP contribution in [0.25, 0.3) is 0 Å². The fourth-order valence-corrected chi connectivity index (χ4v) is 4.60. The fourth-order valence-electron chi connectivity index (χ4n) is 4.60. The predicted molar refractivity (Wildman–Crippen MR) is 150 cm³/mol. The van der Waals surface area contributed by atoms with E-state index in [2.05, 4.69) is 26.7 Å². The zero-order valence-corrected chi connectivity index (χ0v) is 26.1. The van der Waals surface area contributed by atoms with Gasteiger partial charge < -0.3 is 21.1 Å². The van der Waals surface area contributed by atoms with Crippen LogP contribution in [0.4, 0.5) is 0 Å². The Labute approximate surface area is 263 Å². The number of aliphatic hydroxyl groups excluding tert-OH is 2. The van der Waals surface area contributed by atoms with E-state index >= 15 is 0 Å². The Balaban J connectivity index is 0. The first-order chi connectivity index (χ1) is 18.4. The van der Waals surface area contributed by atoms with Gasteiger partial charge in [-0.1, -0.05) is 60.7 Å². The zero-order valence-electron chi connectivity index (χ0n) is 25.1. The largest absolute Gasteiger partial charge is 1.00 e. The summed E-state index contributed by atoms with van der Waals surface area (Å²) in [6.45, 7) is 4.11. The molecule has 2 aromatic rings. The summed E-state index contributed by atoms with van der Waals surface area (Å²) in [4.78, 5) is 39.0. The van der Waals surface area contributed by atoms with Crippen molar-refractivity contribution in [3.05, 3.63) is 71.8 Å². The summed E-state index contributed by atoms with van der Waals surface area (Å²) in [6.07, 6.45) is 0.462. The van der Waals surface area contributed by atoms with Crippen LogP contribution in [-0.4, -0.2) is 99.8 Å². The molecule has 0 saturated carbocycles. The minimum atomic E-state index is -0.618. The number of aliphatic hydroxyl groups is 2. The molecule has 0 spiro atoms. The van der Waals surface area contributed by atoms with Crippen molar-refractivity contribution in [3.8, 4) is 0 Å². The van der Waals surface area contributed by atoms with Crippen molar-refractivity contribution in [2.75, 3.05) is 47.5 Å². The average Bonchev–Trinajstić information content (AvgIpc) is 2.97. The standard InChI is InChI=1S/C14H19NO3.C14H17NO3.CH4O.B.Na.H/c2*1-18-14(17)12-10-15(8-7-13(12)16)9-11-5-3-2-4-6-11;1-2;;;/h2-6,12-13,16H,7-10H2,1H3;2-6,12H,7-10H2,1H3;2H,1H3;;;/q;;;;+1;-1. The average molecular weight is 563 g/mol. The molecule has 2 aliphatic rings. The van der Waals surface area contributed by atoms with Crippen molar-refractivity contribution in [2.24, 2.45) is 11.8 Å². The van der Waals surface area contributed by atoms with Gasteiger partial charge in [-0.15, -0.1) is 0 Å². The second-order valence-corrected chi connectivity index (χ2v) is 9.22. The third-order valence-electron chi connectivity index (χ3n) is 6.65. The number of likely N-dealkylation sites (tertiary alicyclic amines) is 2. The van der Waals surface area contributed by atoms with E-state index in [9.17, 15) is 19.5 Å². The Morgan fingerprint density at radius 2 is 1.32 bits per heavy atom. The number of hydrogen-bond acceptors (Lipinski definition) is 9. The molecule has 11 heteroatoms. The molecule has 2 fully saturated rings. The molecule has 3 atom stereocenters. The number of hydrogen-bond donors (Lipinski definition) is 2. The quantitative estimate of drug-likeness (QED) is 0.250. The number of Topliss-reactive ketones (excluding diaryl/α,β-unsaturated/α-hetero) is 1. The first-order valence-corrected chi connectivity index (χ1v) is 12.7. The molecule has 0 aromatic heterocycles. The summed E-state index contributed by atoms with van der Waals surface area (Å²) < 4.78 is 9.41. The maximum Gasteiger partial charge on any atom is 1.00 e. The maximum atomic E-state index is 11.7. The molecule has 2 aromatic carbocycles. The van der Waals surface area contributed by atoms with E-state index < -0.39 is 23.9 Å². The minimum Gasteiger partial charge on any atom is -1.00 e. The molecule has 40 heavy (non-hydrogen) atoms. The normalized spacial score (nSPS) is 20.6. The smallest absolute Gasteiger partial charge is 1.00 e. The number of rotatable bonds is 6. The van der Waals surface area contributed by atoms with E-state index in [-0.39, 0.29) is 51.1 Å². The topological polar surface area (TPSA) is 117 Å². The van der Waals surface area contributed by atoms with Crippen molar-refractivity contribution in [3.63, 3.8) is 0 Å². The summed E-state index contributed by atoms with van der Waals surface area (Å²) in [6, 6.07) is 20.2. The molecule has 2 N–H and O–H groups in total. The van der Waals surface area contributed by atoms with Gasteiger partial charge in [0, 0.05) is 61.2 Å². The third kappa shape index (κ3) is 12.2. The molecule has 9 nitrogen and oxygen atoms in total. The SMILES string of the molecule is CO.COC(=O)C1CN(Cc2ccccc2)CCC1=O.COC(=O)C1CN(Cc2ccccc2)CCC1O.[B].[H-].[Na+]. The maximum absolute atomic E-state index is 11.7. The van der Waals surface area contributed by atoms with Crippen LogP contribution in [-0.2, 0) is 36.9 Å². The Bertz CT molecular complexity index is 999. The molecule has 3 radical (unpaired) electrons. The van der Waals surface area contributed by atoms with Crippen LogP contribution in [0.15, 0.2) is 60.7 Å². The second kappa shape index (κ2) is 20.8. The fraction of sp³-hybridized carbons (Fsp3) is 0.483. The summed E-state index contributed by atoms with van der Waals surface area (Å²) >= 11 is 0. The van der Waals surface area contributed by atoms with Gasteiger partial charge >= 0.3 is 41.5 Å². The van der Waals surface area contributed by atoms with E-state index in [0.717, 1.165) is 26.7 Å². The Morgan fingerprint density at radius 1 is 0.850 bits per heavy atom. The van der Waals surface area contributed by atoms with Crippen LogP contribution in [0.5, 0.6) is 0 Å². The number of nitrogens with zero attached hydrogens (tertiary/aromatic N) is 2.